The van der Waals surface area contributed by atoms with Gasteiger partial charge in [0, 0.05) is 56.8 Å². The summed E-state index contributed by atoms with van der Waals surface area (Å²) >= 11 is 7.62. The number of thiophene rings is 1. The summed E-state index contributed by atoms with van der Waals surface area (Å²) in [6.45, 7) is 4.74. The monoisotopic (exact) mass is 533 g/mol. The molecule has 0 unspecified atom stereocenters. The van der Waals surface area contributed by atoms with E-state index < -0.39 is 0 Å². The fraction of sp³-hybridized carbons (Fsp3) is 0.368. The van der Waals surface area contributed by atoms with Crippen LogP contribution in [-0.4, -0.2) is 49.0 Å². The minimum atomic E-state index is -0.323. The third kappa shape index (κ3) is 6.04. The highest BCUT2D eigenvalue weighted by Crippen LogP contribution is 2.23. The molecule has 150 valence electrons. The average molecular weight is 534 g/mol. The van der Waals surface area contributed by atoms with Crippen LogP contribution in [-0.2, 0) is 13.1 Å². The molecule has 0 atom stereocenters. The molecule has 28 heavy (non-hydrogen) atoms. The number of benzene rings is 1. The van der Waals surface area contributed by atoms with Gasteiger partial charge in [-0.25, -0.2) is 4.39 Å². The first-order valence-corrected chi connectivity index (χ1v) is 9.89. The van der Waals surface area contributed by atoms with Gasteiger partial charge < -0.3 is 10.2 Å². The molecule has 0 aliphatic carbocycles. The van der Waals surface area contributed by atoms with E-state index in [1.165, 1.54) is 17.0 Å². The predicted octanol–water partition coefficient (Wildman–Crippen LogP) is 3.92. The summed E-state index contributed by atoms with van der Waals surface area (Å²) in [5.41, 5.74) is 0.911. The largest absolute Gasteiger partial charge is 0.352 e. The van der Waals surface area contributed by atoms with Crippen LogP contribution < -0.4 is 5.32 Å². The Kier molecular flexibility index (Phi) is 8.95. The molecule has 1 N–H and O–H groups in total. The Morgan fingerprint density at radius 2 is 2.04 bits per heavy atom. The maximum atomic E-state index is 13.9. The fourth-order valence-electron chi connectivity index (χ4n) is 3.06. The van der Waals surface area contributed by atoms with Crippen molar-refractivity contribution >= 4 is 52.9 Å². The highest BCUT2D eigenvalue weighted by Gasteiger charge is 2.20. The van der Waals surface area contributed by atoms with Crippen molar-refractivity contribution in [3.63, 3.8) is 0 Å². The molecule has 2 aromatic rings. The highest BCUT2D eigenvalue weighted by molar-refractivity contribution is 14.0. The maximum absolute atomic E-state index is 13.9. The number of rotatable bonds is 4. The van der Waals surface area contributed by atoms with Crippen molar-refractivity contribution < 1.29 is 4.39 Å². The minimum absolute atomic E-state index is 0. The van der Waals surface area contributed by atoms with Crippen LogP contribution in [0.5, 0.6) is 0 Å². The lowest BCUT2D eigenvalue weighted by Crippen LogP contribution is -2.52. The lowest BCUT2D eigenvalue weighted by Gasteiger charge is -2.36. The molecule has 1 aliphatic heterocycles. The van der Waals surface area contributed by atoms with Gasteiger partial charge in [-0.1, -0.05) is 11.6 Å². The molecule has 0 radical (unpaired) electrons. The lowest BCUT2D eigenvalue weighted by molar-refractivity contribution is 0.173. The van der Waals surface area contributed by atoms with Gasteiger partial charge in [0.15, 0.2) is 5.96 Å². The highest BCUT2D eigenvalue weighted by atomic mass is 127. The Hall–Kier alpha value is -1.41. The SMILES string of the molecule is CN=C(NCc1cc(C#N)ccc1F)N1CCN(Cc2ccc(Cl)s2)CC1.I. The van der Waals surface area contributed by atoms with Gasteiger partial charge in [-0.05, 0) is 30.3 Å². The second-order valence-corrected chi connectivity index (χ2v) is 8.09. The van der Waals surface area contributed by atoms with Crippen molar-refractivity contribution in [2.45, 2.75) is 13.1 Å². The van der Waals surface area contributed by atoms with E-state index >= 15 is 0 Å². The quantitative estimate of drug-likeness (QED) is 0.368. The molecule has 1 saturated heterocycles. The van der Waals surface area contributed by atoms with Crippen molar-refractivity contribution in [1.82, 2.24) is 15.1 Å². The average Bonchev–Trinajstić information content (AvgIpc) is 3.09. The molecule has 1 aromatic carbocycles. The van der Waals surface area contributed by atoms with Crippen molar-refractivity contribution in [3.8, 4) is 6.07 Å². The van der Waals surface area contributed by atoms with Crippen LogP contribution in [0.3, 0.4) is 0 Å². The van der Waals surface area contributed by atoms with E-state index in [4.69, 9.17) is 16.9 Å². The van der Waals surface area contributed by atoms with Crippen LogP contribution in [0, 0.1) is 17.1 Å². The Balaban J connectivity index is 0.00000280. The third-order valence-electron chi connectivity index (χ3n) is 4.50. The second kappa shape index (κ2) is 11.0. The zero-order valence-electron chi connectivity index (χ0n) is 15.5. The van der Waals surface area contributed by atoms with Gasteiger partial charge in [-0.3, -0.25) is 9.89 Å². The second-order valence-electron chi connectivity index (χ2n) is 6.29. The molecule has 1 aliphatic rings. The predicted molar refractivity (Wildman–Crippen MR) is 123 cm³/mol. The Labute approximate surface area is 190 Å². The lowest BCUT2D eigenvalue weighted by atomic mass is 10.1. The van der Waals surface area contributed by atoms with Gasteiger partial charge in [0.2, 0.25) is 0 Å². The molecular weight excluding hydrogens is 512 g/mol. The van der Waals surface area contributed by atoms with Crippen LogP contribution in [0.15, 0.2) is 35.3 Å². The topological polar surface area (TPSA) is 54.7 Å². The molecule has 2 heterocycles. The normalized spacial score (nSPS) is 15.1. The molecular formula is C19H22ClFIN5S. The Morgan fingerprint density at radius 3 is 2.64 bits per heavy atom. The number of nitrogens with zero attached hydrogens (tertiary/aromatic N) is 4. The minimum Gasteiger partial charge on any atom is -0.352 e. The van der Waals surface area contributed by atoms with Gasteiger partial charge >= 0.3 is 0 Å². The number of hydrogen-bond donors (Lipinski definition) is 1. The molecule has 1 fully saturated rings. The van der Waals surface area contributed by atoms with Crippen molar-refractivity contribution in [1.29, 1.82) is 5.26 Å². The number of hydrogen-bond acceptors (Lipinski definition) is 4. The zero-order valence-corrected chi connectivity index (χ0v) is 19.4. The molecule has 9 heteroatoms. The molecule has 5 nitrogen and oxygen atoms in total. The van der Waals surface area contributed by atoms with Crippen molar-refractivity contribution in [2.24, 2.45) is 4.99 Å². The van der Waals surface area contributed by atoms with E-state index in [1.807, 2.05) is 12.1 Å². The van der Waals surface area contributed by atoms with E-state index in [-0.39, 0.29) is 29.8 Å². The number of aliphatic imine (C=N–C) groups is 1. The summed E-state index contributed by atoms with van der Waals surface area (Å²) in [5.74, 6) is 0.423. The van der Waals surface area contributed by atoms with Gasteiger partial charge in [-0.15, -0.1) is 35.3 Å². The molecule has 1 aromatic heterocycles. The van der Waals surface area contributed by atoms with Gasteiger partial charge in [0.05, 0.1) is 16.0 Å². The molecule has 0 saturated carbocycles. The van der Waals surface area contributed by atoms with Crippen LogP contribution >= 0.6 is 46.9 Å². The van der Waals surface area contributed by atoms with E-state index in [9.17, 15) is 4.39 Å². The molecule has 3 rings (SSSR count). The number of guanidine groups is 1. The number of halogens is 3. The summed E-state index contributed by atoms with van der Waals surface area (Å²) in [6.07, 6.45) is 0. The van der Waals surface area contributed by atoms with E-state index in [2.05, 4.69) is 26.2 Å². The van der Waals surface area contributed by atoms with Gasteiger partial charge in [0.1, 0.15) is 5.82 Å². The number of nitrogens with one attached hydrogen (secondary N) is 1. The van der Waals surface area contributed by atoms with E-state index in [0.29, 0.717) is 17.7 Å². The summed E-state index contributed by atoms with van der Waals surface area (Å²) in [7, 11) is 1.73. The van der Waals surface area contributed by atoms with Crippen LogP contribution in [0.4, 0.5) is 4.39 Å². The summed E-state index contributed by atoms with van der Waals surface area (Å²) in [4.78, 5) is 10.2. The first-order chi connectivity index (χ1) is 13.1. The van der Waals surface area contributed by atoms with Crippen molar-refractivity contribution in [2.75, 3.05) is 33.2 Å². The van der Waals surface area contributed by atoms with Gasteiger partial charge in [-0.2, -0.15) is 5.26 Å². The zero-order chi connectivity index (χ0) is 19.2. The summed E-state index contributed by atoms with van der Waals surface area (Å²) < 4.78 is 14.8. The first kappa shape index (κ1) is 22.9. The summed E-state index contributed by atoms with van der Waals surface area (Å²) in [6, 6.07) is 10.4. The Morgan fingerprint density at radius 1 is 1.29 bits per heavy atom. The fourth-order valence-corrected chi connectivity index (χ4v) is 4.19. The van der Waals surface area contributed by atoms with Crippen LogP contribution in [0.2, 0.25) is 4.34 Å². The third-order valence-corrected chi connectivity index (χ3v) is 5.72. The Bertz CT molecular complexity index is 858. The van der Waals surface area contributed by atoms with Crippen LogP contribution in [0.1, 0.15) is 16.0 Å². The first-order valence-electron chi connectivity index (χ1n) is 8.69. The van der Waals surface area contributed by atoms with Gasteiger partial charge in [0.25, 0.3) is 0 Å². The summed E-state index contributed by atoms with van der Waals surface area (Å²) in [5, 5.41) is 12.2. The molecule has 0 spiro atoms. The maximum Gasteiger partial charge on any atom is 0.194 e. The molecule has 0 bridgehead atoms. The standard InChI is InChI=1S/C19H21ClFN5S.HI/c1-23-19(24-12-15-10-14(11-22)2-4-17(15)21)26-8-6-25(7-9-26)13-16-3-5-18(20)27-16;/h2-5,10H,6-9,12-13H2,1H3,(H,23,24);1H. The van der Waals surface area contributed by atoms with Crippen molar-refractivity contribution in [3.05, 3.63) is 56.5 Å². The van der Waals surface area contributed by atoms with E-state index in [1.54, 1.807) is 24.5 Å². The molecule has 0 amide bonds. The smallest absolute Gasteiger partial charge is 0.194 e. The van der Waals surface area contributed by atoms with E-state index in [0.717, 1.165) is 43.0 Å². The number of nitriles is 1. The van der Waals surface area contributed by atoms with Crippen LogP contribution in [0.25, 0.3) is 0 Å². The number of piperazine rings is 1.